The van der Waals surface area contributed by atoms with Crippen molar-refractivity contribution in [1.82, 2.24) is 10.2 Å². The number of nitrogens with one attached hydrogen (secondary N) is 1. The smallest absolute Gasteiger partial charge is 0.0102 e. The summed E-state index contributed by atoms with van der Waals surface area (Å²) in [4.78, 5) is 2.77. The van der Waals surface area contributed by atoms with Crippen LogP contribution in [-0.4, -0.2) is 37.1 Å². The van der Waals surface area contributed by atoms with Crippen LogP contribution in [-0.2, 0) is 0 Å². The van der Waals surface area contributed by atoms with E-state index in [1.165, 1.54) is 64.7 Å². The van der Waals surface area contributed by atoms with Crippen LogP contribution in [0.1, 0.15) is 38.5 Å². The number of rotatable bonds is 0. The Kier molecular flexibility index (Phi) is 2.29. The van der Waals surface area contributed by atoms with E-state index in [4.69, 9.17) is 0 Å². The molecule has 3 aliphatic rings. The van der Waals surface area contributed by atoms with Gasteiger partial charge in [0, 0.05) is 19.1 Å². The van der Waals surface area contributed by atoms with Crippen LogP contribution in [0.2, 0.25) is 0 Å². The van der Waals surface area contributed by atoms with Gasteiger partial charge in [-0.25, -0.2) is 0 Å². The Labute approximate surface area is 87.0 Å². The average molecular weight is 194 g/mol. The number of hydrogen-bond acceptors (Lipinski definition) is 2. The first-order valence-electron chi connectivity index (χ1n) is 6.33. The molecule has 0 aromatic carbocycles. The predicted molar refractivity (Wildman–Crippen MR) is 58.4 cm³/mol. The standard InChI is InChI=1S/C12H22N2/c1-2-7-14-10-12(8-11(14)4-1)5-3-6-13-9-12/h11,13H,1-10H2. The molecule has 3 fully saturated rings. The summed E-state index contributed by atoms with van der Waals surface area (Å²) < 4.78 is 0. The van der Waals surface area contributed by atoms with Crippen LogP contribution in [0.25, 0.3) is 0 Å². The Morgan fingerprint density at radius 1 is 1.21 bits per heavy atom. The summed E-state index contributed by atoms with van der Waals surface area (Å²) in [5, 5.41) is 3.60. The van der Waals surface area contributed by atoms with Crippen LogP contribution in [0.4, 0.5) is 0 Å². The van der Waals surface area contributed by atoms with Gasteiger partial charge in [0.15, 0.2) is 0 Å². The van der Waals surface area contributed by atoms with Crippen molar-refractivity contribution in [2.24, 2.45) is 5.41 Å². The summed E-state index contributed by atoms with van der Waals surface area (Å²) >= 11 is 0. The van der Waals surface area contributed by atoms with Crippen molar-refractivity contribution in [3.8, 4) is 0 Å². The third-order valence-corrected chi connectivity index (χ3v) is 4.52. The van der Waals surface area contributed by atoms with Gasteiger partial charge in [-0.2, -0.15) is 0 Å². The molecule has 3 saturated heterocycles. The molecule has 3 rings (SSSR count). The first-order chi connectivity index (χ1) is 6.88. The molecule has 2 atom stereocenters. The topological polar surface area (TPSA) is 15.3 Å². The number of hydrogen-bond donors (Lipinski definition) is 1. The second-order valence-electron chi connectivity index (χ2n) is 5.60. The first-order valence-corrected chi connectivity index (χ1v) is 6.33. The van der Waals surface area contributed by atoms with E-state index in [9.17, 15) is 0 Å². The fraction of sp³-hybridized carbons (Fsp3) is 1.00. The highest BCUT2D eigenvalue weighted by Crippen LogP contribution is 2.42. The lowest BCUT2D eigenvalue weighted by Crippen LogP contribution is -2.42. The molecule has 0 aromatic rings. The van der Waals surface area contributed by atoms with E-state index in [1.54, 1.807) is 0 Å². The molecule has 1 N–H and O–H groups in total. The number of piperidine rings is 2. The van der Waals surface area contributed by atoms with Gasteiger partial charge >= 0.3 is 0 Å². The molecule has 0 saturated carbocycles. The molecule has 0 aliphatic carbocycles. The molecule has 3 heterocycles. The molecular formula is C12H22N2. The summed E-state index contributed by atoms with van der Waals surface area (Å²) in [6.45, 7) is 5.32. The summed E-state index contributed by atoms with van der Waals surface area (Å²) in [5.41, 5.74) is 0.674. The number of fused-ring (bicyclic) bond motifs is 1. The quantitative estimate of drug-likeness (QED) is 0.630. The first kappa shape index (κ1) is 9.17. The Balaban J connectivity index is 1.71. The van der Waals surface area contributed by atoms with Crippen LogP contribution < -0.4 is 5.32 Å². The van der Waals surface area contributed by atoms with Gasteiger partial charge in [-0.15, -0.1) is 0 Å². The predicted octanol–water partition coefficient (Wildman–Crippen LogP) is 1.61. The van der Waals surface area contributed by atoms with Crippen molar-refractivity contribution in [2.75, 3.05) is 26.2 Å². The fourth-order valence-electron chi connectivity index (χ4n) is 3.83. The molecular weight excluding hydrogens is 172 g/mol. The molecule has 14 heavy (non-hydrogen) atoms. The maximum absolute atomic E-state index is 3.60. The van der Waals surface area contributed by atoms with Crippen molar-refractivity contribution in [3.05, 3.63) is 0 Å². The van der Waals surface area contributed by atoms with Crippen LogP contribution in [0.3, 0.4) is 0 Å². The van der Waals surface area contributed by atoms with Crippen molar-refractivity contribution < 1.29 is 0 Å². The number of nitrogens with zero attached hydrogens (tertiary/aromatic N) is 1. The Morgan fingerprint density at radius 2 is 2.21 bits per heavy atom. The lowest BCUT2D eigenvalue weighted by atomic mass is 9.78. The molecule has 0 radical (unpaired) electrons. The van der Waals surface area contributed by atoms with Crippen molar-refractivity contribution in [2.45, 2.75) is 44.6 Å². The van der Waals surface area contributed by atoms with E-state index in [0.717, 1.165) is 6.04 Å². The normalized spacial score (nSPS) is 44.1. The summed E-state index contributed by atoms with van der Waals surface area (Å²) in [5.74, 6) is 0. The minimum atomic E-state index is 0.674. The Bertz CT molecular complexity index is 192. The van der Waals surface area contributed by atoms with Gasteiger partial charge in [0.05, 0.1) is 0 Å². The van der Waals surface area contributed by atoms with Crippen molar-refractivity contribution >= 4 is 0 Å². The Hall–Kier alpha value is -0.0800. The van der Waals surface area contributed by atoms with Gasteiger partial charge in [0.25, 0.3) is 0 Å². The van der Waals surface area contributed by atoms with Crippen LogP contribution >= 0.6 is 0 Å². The Morgan fingerprint density at radius 3 is 3.00 bits per heavy atom. The van der Waals surface area contributed by atoms with E-state index >= 15 is 0 Å². The maximum Gasteiger partial charge on any atom is 0.0102 e. The van der Waals surface area contributed by atoms with Crippen LogP contribution in [0, 0.1) is 5.41 Å². The second kappa shape index (κ2) is 3.49. The zero-order chi connectivity index (χ0) is 9.43. The zero-order valence-electron chi connectivity index (χ0n) is 9.10. The average Bonchev–Trinajstić information content (AvgIpc) is 2.56. The lowest BCUT2D eigenvalue weighted by molar-refractivity contribution is 0.177. The van der Waals surface area contributed by atoms with Gasteiger partial charge in [-0.3, -0.25) is 4.90 Å². The molecule has 3 aliphatic heterocycles. The van der Waals surface area contributed by atoms with Crippen molar-refractivity contribution in [1.29, 1.82) is 0 Å². The maximum atomic E-state index is 3.60. The fourth-order valence-corrected chi connectivity index (χ4v) is 3.83. The highest BCUT2D eigenvalue weighted by atomic mass is 15.2. The molecule has 0 amide bonds. The summed E-state index contributed by atoms with van der Waals surface area (Å²) in [6.07, 6.45) is 8.76. The lowest BCUT2D eigenvalue weighted by Gasteiger charge is -2.34. The van der Waals surface area contributed by atoms with Gasteiger partial charge in [-0.05, 0) is 50.6 Å². The monoisotopic (exact) mass is 194 g/mol. The van der Waals surface area contributed by atoms with Crippen LogP contribution in [0.5, 0.6) is 0 Å². The molecule has 0 aromatic heterocycles. The molecule has 0 bridgehead atoms. The molecule has 1 spiro atoms. The van der Waals surface area contributed by atoms with Gasteiger partial charge < -0.3 is 5.32 Å². The molecule has 2 unspecified atom stereocenters. The highest BCUT2D eigenvalue weighted by molar-refractivity contribution is 4.99. The molecule has 2 nitrogen and oxygen atoms in total. The molecule has 2 heteroatoms. The summed E-state index contributed by atoms with van der Waals surface area (Å²) in [7, 11) is 0. The largest absolute Gasteiger partial charge is 0.316 e. The van der Waals surface area contributed by atoms with Crippen molar-refractivity contribution in [3.63, 3.8) is 0 Å². The zero-order valence-corrected chi connectivity index (χ0v) is 9.10. The van der Waals surface area contributed by atoms with E-state index in [-0.39, 0.29) is 0 Å². The van der Waals surface area contributed by atoms with Gasteiger partial charge in [-0.1, -0.05) is 6.42 Å². The third-order valence-electron chi connectivity index (χ3n) is 4.52. The van der Waals surface area contributed by atoms with E-state index in [0.29, 0.717) is 5.41 Å². The van der Waals surface area contributed by atoms with Crippen LogP contribution in [0.15, 0.2) is 0 Å². The minimum absolute atomic E-state index is 0.674. The van der Waals surface area contributed by atoms with Gasteiger partial charge in [0.2, 0.25) is 0 Å². The third kappa shape index (κ3) is 1.49. The second-order valence-corrected chi connectivity index (χ2v) is 5.60. The summed E-state index contributed by atoms with van der Waals surface area (Å²) in [6, 6.07) is 0.948. The van der Waals surface area contributed by atoms with Gasteiger partial charge in [0.1, 0.15) is 0 Å². The molecule has 80 valence electrons. The van der Waals surface area contributed by atoms with E-state index < -0.39 is 0 Å². The highest BCUT2D eigenvalue weighted by Gasteiger charge is 2.44. The van der Waals surface area contributed by atoms with E-state index in [2.05, 4.69) is 10.2 Å². The van der Waals surface area contributed by atoms with E-state index in [1.807, 2.05) is 0 Å². The minimum Gasteiger partial charge on any atom is -0.316 e. The SMILES string of the molecule is C1CCN2CC3(CCCNC3)CC2C1.